The van der Waals surface area contributed by atoms with Gasteiger partial charge in [-0.15, -0.1) is 0 Å². The van der Waals surface area contributed by atoms with Crippen LogP contribution >= 0.6 is 0 Å². The van der Waals surface area contributed by atoms with E-state index in [-0.39, 0.29) is 11.9 Å². The van der Waals surface area contributed by atoms with Crippen LogP contribution in [0.5, 0.6) is 0 Å². The third-order valence-corrected chi connectivity index (χ3v) is 3.36. The Morgan fingerprint density at radius 2 is 1.89 bits per heavy atom. The molecule has 0 aliphatic rings. The highest BCUT2D eigenvalue weighted by molar-refractivity contribution is 5.79. The van der Waals surface area contributed by atoms with Gasteiger partial charge in [0.15, 0.2) is 0 Å². The standard InChI is InChI=1S/C15H26N2O2/c1-12(2)7-8-15(4,19)11-16-14(18)13(3)17-9-5-6-10-17/h5-6,9-10,12-13,19H,7-8,11H2,1-4H3,(H,16,18). The molecule has 108 valence electrons. The molecule has 1 heterocycles. The SMILES string of the molecule is CC(C)CCC(C)(O)CNC(=O)C(C)n1cccc1. The summed E-state index contributed by atoms with van der Waals surface area (Å²) < 4.78 is 1.85. The molecule has 1 amide bonds. The maximum Gasteiger partial charge on any atom is 0.242 e. The van der Waals surface area contributed by atoms with Crippen LogP contribution in [0.15, 0.2) is 24.5 Å². The topological polar surface area (TPSA) is 54.3 Å². The van der Waals surface area contributed by atoms with E-state index in [1.807, 2.05) is 36.0 Å². The van der Waals surface area contributed by atoms with Crippen molar-refractivity contribution in [3.05, 3.63) is 24.5 Å². The number of nitrogens with one attached hydrogen (secondary N) is 1. The predicted molar refractivity (Wildman–Crippen MR) is 76.8 cm³/mol. The van der Waals surface area contributed by atoms with Gasteiger partial charge in [0, 0.05) is 18.9 Å². The van der Waals surface area contributed by atoms with Crippen LogP contribution in [0.2, 0.25) is 0 Å². The Kier molecular flexibility index (Phi) is 5.60. The van der Waals surface area contributed by atoms with Gasteiger partial charge in [-0.1, -0.05) is 13.8 Å². The first-order valence-electron chi connectivity index (χ1n) is 6.94. The summed E-state index contributed by atoms with van der Waals surface area (Å²) in [5, 5.41) is 13.0. The number of rotatable bonds is 7. The Bertz CT molecular complexity index is 383. The van der Waals surface area contributed by atoms with Gasteiger partial charge in [-0.2, -0.15) is 0 Å². The summed E-state index contributed by atoms with van der Waals surface area (Å²) >= 11 is 0. The molecular weight excluding hydrogens is 240 g/mol. The van der Waals surface area contributed by atoms with Gasteiger partial charge in [-0.05, 0) is 44.7 Å². The van der Waals surface area contributed by atoms with E-state index < -0.39 is 5.60 Å². The second kappa shape index (κ2) is 6.75. The molecule has 1 rings (SSSR count). The minimum absolute atomic E-state index is 0.0685. The van der Waals surface area contributed by atoms with Gasteiger partial charge in [0.25, 0.3) is 0 Å². The van der Waals surface area contributed by atoms with E-state index in [4.69, 9.17) is 0 Å². The monoisotopic (exact) mass is 266 g/mol. The number of aliphatic hydroxyl groups is 1. The largest absolute Gasteiger partial charge is 0.388 e. The zero-order chi connectivity index (χ0) is 14.5. The van der Waals surface area contributed by atoms with Crippen molar-refractivity contribution in [3.63, 3.8) is 0 Å². The number of hydrogen-bond acceptors (Lipinski definition) is 2. The third-order valence-electron chi connectivity index (χ3n) is 3.36. The van der Waals surface area contributed by atoms with Crippen molar-refractivity contribution in [1.82, 2.24) is 9.88 Å². The van der Waals surface area contributed by atoms with E-state index in [0.717, 1.165) is 6.42 Å². The predicted octanol–water partition coefficient (Wildman–Crippen LogP) is 2.35. The van der Waals surface area contributed by atoms with Gasteiger partial charge < -0.3 is 15.0 Å². The molecule has 0 aromatic carbocycles. The van der Waals surface area contributed by atoms with Crippen molar-refractivity contribution in [3.8, 4) is 0 Å². The van der Waals surface area contributed by atoms with E-state index in [1.165, 1.54) is 0 Å². The molecule has 2 unspecified atom stereocenters. The molecule has 0 aliphatic heterocycles. The van der Waals surface area contributed by atoms with E-state index in [1.54, 1.807) is 6.92 Å². The van der Waals surface area contributed by atoms with Crippen LogP contribution in [-0.4, -0.2) is 27.7 Å². The summed E-state index contributed by atoms with van der Waals surface area (Å²) in [7, 11) is 0. The number of carbonyl (C=O) groups excluding carboxylic acids is 1. The minimum Gasteiger partial charge on any atom is -0.388 e. The molecule has 0 radical (unpaired) electrons. The second-order valence-corrected chi connectivity index (χ2v) is 5.95. The second-order valence-electron chi connectivity index (χ2n) is 5.95. The quantitative estimate of drug-likeness (QED) is 0.796. The molecule has 0 spiro atoms. The molecule has 0 aliphatic carbocycles. The Balaban J connectivity index is 2.41. The lowest BCUT2D eigenvalue weighted by atomic mass is 9.95. The maximum absolute atomic E-state index is 12.0. The Morgan fingerprint density at radius 1 is 1.32 bits per heavy atom. The van der Waals surface area contributed by atoms with Gasteiger partial charge in [0.1, 0.15) is 6.04 Å². The van der Waals surface area contributed by atoms with Gasteiger partial charge in [0.05, 0.1) is 5.60 Å². The first-order valence-corrected chi connectivity index (χ1v) is 6.94. The van der Waals surface area contributed by atoms with Crippen LogP contribution in [0.3, 0.4) is 0 Å². The van der Waals surface area contributed by atoms with Crippen molar-refractivity contribution in [2.24, 2.45) is 5.92 Å². The van der Waals surface area contributed by atoms with Crippen LogP contribution < -0.4 is 5.32 Å². The average Bonchev–Trinajstić information content (AvgIpc) is 2.86. The molecular formula is C15H26N2O2. The molecule has 1 aromatic rings. The molecule has 4 nitrogen and oxygen atoms in total. The highest BCUT2D eigenvalue weighted by Gasteiger charge is 2.23. The molecule has 0 fully saturated rings. The highest BCUT2D eigenvalue weighted by atomic mass is 16.3. The average molecular weight is 266 g/mol. The molecule has 2 N–H and O–H groups in total. The van der Waals surface area contributed by atoms with Gasteiger partial charge in [0.2, 0.25) is 5.91 Å². The van der Waals surface area contributed by atoms with Crippen LogP contribution in [0.4, 0.5) is 0 Å². The smallest absolute Gasteiger partial charge is 0.242 e. The van der Waals surface area contributed by atoms with Gasteiger partial charge in [-0.25, -0.2) is 0 Å². The zero-order valence-corrected chi connectivity index (χ0v) is 12.4. The lowest BCUT2D eigenvalue weighted by molar-refractivity contribution is -0.125. The third kappa shape index (κ3) is 5.47. The summed E-state index contributed by atoms with van der Waals surface area (Å²) in [6, 6.07) is 3.53. The highest BCUT2D eigenvalue weighted by Crippen LogP contribution is 2.16. The normalized spacial score (nSPS) is 16.1. The van der Waals surface area contributed by atoms with Gasteiger partial charge >= 0.3 is 0 Å². The maximum atomic E-state index is 12.0. The fourth-order valence-corrected chi connectivity index (χ4v) is 1.85. The van der Waals surface area contributed by atoms with E-state index in [0.29, 0.717) is 18.9 Å². The van der Waals surface area contributed by atoms with Crippen LogP contribution in [0.1, 0.15) is 46.6 Å². The first kappa shape index (κ1) is 15.8. The zero-order valence-electron chi connectivity index (χ0n) is 12.4. The van der Waals surface area contributed by atoms with Crippen molar-refractivity contribution in [2.45, 2.75) is 52.2 Å². The molecule has 19 heavy (non-hydrogen) atoms. The van der Waals surface area contributed by atoms with Crippen LogP contribution in [0, 0.1) is 5.92 Å². The van der Waals surface area contributed by atoms with E-state index in [2.05, 4.69) is 19.2 Å². The minimum atomic E-state index is -0.837. The summed E-state index contributed by atoms with van der Waals surface area (Å²) in [4.78, 5) is 12.0. The van der Waals surface area contributed by atoms with Crippen molar-refractivity contribution < 1.29 is 9.90 Å². The lowest BCUT2D eigenvalue weighted by Crippen LogP contribution is -2.42. The fraction of sp³-hybridized carbons (Fsp3) is 0.667. The van der Waals surface area contributed by atoms with Crippen molar-refractivity contribution >= 4 is 5.91 Å². The van der Waals surface area contributed by atoms with Crippen molar-refractivity contribution in [1.29, 1.82) is 0 Å². The molecule has 0 bridgehead atoms. The summed E-state index contributed by atoms with van der Waals surface area (Å²) in [5.41, 5.74) is -0.837. The Hall–Kier alpha value is -1.29. The van der Waals surface area contributed by atoms with E-state index in [9.17, 15) is 9.90 Å². The number of nitrogens with zero attached hydrogens (tertiary/aromatic N) is 1. The molecule has 0 saturated carbocycles. The summed E-state index contributed by atoms with van der Waals surface area (Å²) in [6.45, 7) is 8.17. The lowest BCUT2D eigenvalue weighted by Gasteiger charge is -2.25. The summed E-state index contributed by atoms with van der Waals surface area (Å²) in [5.74, 6) is 0.488. The van der Waals surface area contributed by atoms with Crippen molar-refractivity contribution in [2.75, 3.05) is 6.54 Å². The summed E-state index contributed by atoms with van der Waals surface area (Å²) in [6.07, 6.45) is 5.38. The fourth-order valence-electron chi connectivity index (χ4n) is 1.85. The molecule has 2 atom stereocenters. The van der Waals surface area contributed by atoms with Crippen LogP contribution in [-0.2, 0) is 4.79 Å². The molecule has 4 heteroatoms. The molecule has 0 saturated heterocycles. The Labute approximate surface area is 115 Å². The Morgan fingerprint density at radius 3 is 2.42 bits per heavy atom. The number of carbonyl (C=O) groups is 1. The first-order chi connectivity index (χ1) is 8.82. The van der Waals surface area contributed by atoms with Crippen LogP contribution in [0.25, 0.3) is 0 Å². The number of aromatic nitrogens is 1. The van der Waals surface area contributed by atoms with E-state index >= 15 is 0 Å². The number of amides is 1. The molecule has 1 aromatic heterocycles. The number of hydrogen-bond donors (Lipinski definition) is 2. The van der Waals surface area contributed by atoms with Gasteiger partial charge in [-0.3, -0.25) is 4.79 Å².